The van der Waals surface area contributed by atoms with Gasteiger partial charge in [-0.3, -0.25) is 0 Å². The zero-order valence-corrected chi connectivity index (χ0v) is 31.0. The lowest BCUT2D eigenvalue weighted by Gasteiger charge is -2.30. The number of benzene rings is 6. The predicted molar refractivity (Wildman–Crippen MR) is 222 cm³/mol. The topological polar surface area (TPSA) is 3.24 Å². The molecule has 0 radical (unpaired) electrons. The van der Waals surface area contributed by atoms with Crippen molar-refractivity contribution in [3.8, 4) is 22.3 Å². The highest BCUT2D eigenvalue weighted by atomic mass is 35.5. The van der Waals surface area contributed by atoms with E-state index in [2.05, 4.69) is 184 Å². The molecule has 0 bridgehead atoms. The Bertz CT molecular complexity index is 2340. The Morgan fingerprint density at radius 3 is 1.69 bits per heavy atom. The molecule has 52 heavy (non-hydrogen) atoms. The van der Waals surface area contributed by atoms with Gasteiger partial charge in [-0.05, 0) is 117 Å². The summed E-state index contributed by atoms with van der Waals surface area (Å²) in [5, 5.41) is 0.849. The van der Waals surface area contributed by atoms with E-state index in [9.17, 15) is 0 Å². The van der Waals surface area contributed by atoms with Gasteiger partial charge in [-0.25, -0.2) is 0 Å². The molecule has 3 aliphatic rings. The highest BCUT2D eigenvalue weighted by molar-refractivity contribution is 6.33. The molecule has 0 heterocycles. The van der Waals surface area contributed by atoms with Crippen molar-refractivity contribution in [3.05, 3.63) is 196 Å². The van der Waals surface area contributed by atoms with Gasteiger partial charge in [0.15, 0.2) is 0 Å². The van der Waals surface area contributed by atoms with Crippen molar-refractivity contribution in [2.45, 2.75) is 51.4 Å². The molecule has 0 fully saturated rings. The molecule has 3 aliphatic carbocycles. The lowest BCUT2D eigenvalue weighted by Crippen LogP contribution is -2.20. The van der Waals surface area contributed by atoms with Crippen molar-refractivity contribution in [1.29, 1.82) is 0 Å². The van der Waals surface area contributed by atoms with E-state index in [1.54, 1.807) is 0 Å². The van der Waals surface area contributed by atoms with Crippen molar-refractivity contribution in [2.75, 3.05) is 4.90 Å². The van der Waals surface area contributed by atoms with Crippen molar-refractivity contribution in [3.63, 3.8) is 0 Å². The monoisotopic (exact) mass is 691 g/mol. The number of halogens is 1. The second-order valence-electron chi connectivity index (χ2n) is 15.4. The van der Waals surface area contributed by atoms with Gasteiger partial charge >= 0.3 is 0 Å². The Balaban J connectivity index is 1.14. The summed E-state index contributed by atoms with van der Waals surface area (Å²) in [7, 11) is 0. The largest absolute Gasteiger partial charge is 0.310 e. The van der Waals surface area contributed by atoms with Crippen LogP contribution in [0.5, 0.6) is 0 Å². The highest BCUT2D eigenvalue weighted by Crippen LogP contribution is 2.57. The number of hydrogen-bond acceptors (Lipinski definition) is 1. The minimum atomic E-state index is -0.176. The highest BCUT2D eigenvalue weighted by Gasteiger charge is 2.43. The van der Waals surface area contributed by atoms with Gasteiger partial charge in [0.25, 0.3) is 0 Å². The third-order valence-corrected chi connectivity index (χ3v) is 12.0. The van der Waals surface area contributed by atoms with Crippen molar-refractivity contribution in [2.24, 2.45) is 0 Å². The van der Waals surface area contributed by atoms with Crippen molar-refractivity contribution in [1.82, 2.24) is 0 Å². The Labute approximate surface area is 313 Å². The number of allylic oxidation sites excluding steroid dienone is 6. The number of rotatable bonds is 5. The van der Waals surface area contributed by atoms with Gasteiger partial charge in [0, 0.05) is 38.5 Å². The first kappa shape index (κ1) is 32.5. The molecule has 0 spiro atoms. The maximum atomic E-state index is 6.89. The maximum Gasteiger partial charge on any atom is 0.0487 e. The fourth-order valence-corrected chi connectivity index (χ4v) is 9.16. The molecular formula is C50H42ClN. The average Bonchev–Trinajstić information content (AvgIpc) is 3.50. The minimum Gasteiger partial charge on any atom is -0.310 e. The second-order valence-corrected chi connectivity index (χ2v) is 15.8. The first-order chi connectivity index (χ1) is 25.2. The predicted octanol–water partition coefficient (Wildman–Crippen LogP) is 14.3. The standard InChI is InChI=1S/C50H42ClN/c1-49(2)43-19-12-20-47(51)48(43)42-18-11-17-40-41-30-29-39(31-44(41)50(3,4)45(40)32-46(42)49)52(37-25-21-35(22-26-37)33-13-7-5-8-14-33)38-27-23-36(24-28-38)34-15-9-6-10-16-34/h5-10,12-16,18-32H,11,17H2,1-4H3/b42-18?,46-32+. The van der Waals surface area contributed by atoms with Crippen LogP contribution in [0.2, 0.25) is 5.02 Å². The Morgan fingerprint density at radius 2 is 1.10 bits per heavy atom. The van der Waals surface area contributed by atoms with Crippen LogP contribution in [0.1, 0.15) is 62.8 Å². The van der Waals surface area contributed by atoms with E-state index >= 15 is 0 Å². The fourth-order valence-electron chi connectivity index (χ4n) is 8.88. The Kier molecular flexibility index (Phi) is 7.75. The van der Waals surface area contributed by atoms with Crippen LogP contribution in [0.25, 0.3) is 33.4 Å². The van der Waals surface area contributed by atoms with Crippen LogP contribution in [0.3, 0.4) is 0 Å². The quantitative estimate of drug-likeness (QED) is 0.174. The average molecular weight is 692 g/mol. The summed E-state index contributed by atoms with van der Waals surface area (Å²) in [6, 6.07) is 52.8. The van der Waals surface area contributed by atoms with Crippen LogP contribution in [0, 0.1) is 0 Å². The van der Waals surface area contributed by atoms with Crippen LogP contribution in [0.15, 0.2) is 169 Å². The SMILES string of the molecule is CC1(C)C2=C(CCC=C3/C(=C\2)C(C)(C)c2cccc(Cl)c23)c2ccc(N(c3ccc(-c4ccccc4)cc3)c3ccc(-c4ccccc4)cc3)cc21. The molecule has 9 rings (SSSR count). The first-order valence-corrected chi connectivity index (χ1v) is 18.8. The summed E-state index contributed by atoms with van der Waals surface area (Å²) in [5.41, 5.74) is 18.9. The van der Waals surface area contributed by atoms with Crippen molar-refractivity contribution < 1.29 is 0 Å². The summed E-state index contributed by atoms with van der Waals surface area (Å²) in [5.74, 6) is 0. The van der Waals surface area contributed by atoms with E-state index in [0.29, 0.717) is 0 Å². The molecule has 1 nitrogen and oxygen atoms in total. The molecule has 0 atom stereocenters. The van der Waals surface area contributed by atoms with Gasteiger partial charge in [0.05, 0.1) is 0 Å². The summed E-state index contributed by atoms with van der Waals surface area (Å²) in [6.45, 7) is 9.53. The molecule has 0 saturated carbocycles. The van der Waals surface area contributed by atoms with Crippen molar-refractivity contribution >= 4 is 39.8 Å². The zero-order chi connectivity index (χ0) is 35.6. The van der Waals surface area contributed by atoms with Crippen LogP contribution >= 0.6 is 11.6 Å². The lowest BCUT2D eigenvalue weighted by molar-refractivity contribution is 0.635. The lowest BCUT2D eigenvalue weighted by atomic mass is 9.75. The van der Waals surface area contributed by atoms with E-state index in [-0.39, 0.29) is 10.8 Å². The molecular weight excluding hydrogens is 650 g/mol. The number of fused-ring (bicyclic) bond motifs is 5. The number of hydrogen-bond donors (Lipinski definition) is 0. The van der Waals surface area contributed by atoms with E-state index in [4.69, 9.17) is 11.6 Å². The van der Waals surface area contributed by atoms with Crippen LogP contribution in [-0.4, -0.2) is 0 Å². The zero-order valence-electron chi connectivity index (χ0n) is 30.3. The van der Waals surface area contributed by atoms with Gasteiger partial charge in [0.1, 0.15) is 0 Å². The molecule has 0 unspecified atom stereocenters. The molecule has 6 aromatic carbocycles. The smallest absolute Gasteiger partial charge is 0.0487 e. The first-order valence-electron chi connectivity index (χ1n) is 18.4. The number of anilines is 3. The van der Waals surface area contributed by atoms with Gasteiger partial charge in [-0.1, -0.05) is 155 Å². The molecule has 254 valence electrons. The molecule has 0 amide bonds. The van der Waals surface area contributed by atoms with Crippen LogP contribution < -0.4 is 4.90 Å². The molecule has 2 heteroatoms. The van der Waals surface area contributed by atoms with Crippen LogP contribution in [0.4, 0.5) is 17.1 Å². The van der Waals surface area contributed by atoms with E-state index in [1.165, 1.54) is 66.8 Å². The molecule has 6 aromatic rings. The van der Waals surface area contributed by atoms with E-state index in [0.717, 1.165) is 34.9 Å². The van der Waals surface area contributed by atoms with E-state index < -0.39 is 0 Å². The maximum absolute atomic E-state index is 6.89. The summed E-state index contributed by atoms with van der Waals surface area (Å²) >= 11 is 6.89. The number of nitrogens with zero attached hydrogens (tertiary/aromatic N) is 1. The van der Waals surface area contributed by atoms with Gasteiger partial charge in [0.2, 0.25) is 0 Å². The fraction of sp³-hybridized carbons (Fsp3) is 0.160. The molecule has 0 saturated heterocycles. The van der Waals surface area contributed by atoms with Crippen LogP contribution in [-0.2, 0) is 10.8 Å². The Hall–Kier alpha value is -5.37. The third-order valence-electron chi connectivity index (χ3n) is 11.7. The van der Waals surface area contributed by atoms with E-state index in [1.807, 2.05) is 6.07 Å². The Morgan fingerprint density at radius 1 is 0.538 bits per heavy atom. The molecule has 0 N–H and O–H groups in total. The molecule has 0 aliphatic heterocycles. The minimum absolute atomic E-state index is 0.133. The summed E-state index contributed by atoms with van der Waals surface area (Å²) in [6.07, 6.45) is 6.95. The summed E-state index contributed by atoms with van der Waals surface area (Å²) < 4.78 is 0. The normalized spacial score (nSPS) is 17.5. The van der Waals surface area contributed by atoms with Gasteiger partial charge < -0.3 is 4.90 Å². The molecule has 0 aromatic heterocycles. The van der Waals surface area contributed by atoms with Gasteiger partial charge in [-0.2, -0.15) is 0 Å². The summed E-state index contributed by atoms with van der Waals surface area (Å²) in [4.78, 5) is 2.41. The van der Waals surface area contributed by atoms with Gasteiger partial charge in [-0.15, -0.1) is 0 Å². The third kappa shape index (κ3) is 5.22. The second kappa shape index (κ2) is 12.4.